The number of para-hydroxylation sites is 1. The Hall–Kier alpha value is -3.31. The van der Waals surface area contributed by atoms with Gasteiger partial charge >= 0.3 is 0 Å². The number of hydrogen-bond donors (Lipinski definition) is 2. The maximum Gasteiger partial charge on any atom is 0.244 e. The summed E-state index contributed by atoms with van der Waals surface area (Å²) in [6.45, 7) is 0.531. The second-order valence-electron chi connectivity index (χ2n) is 6.71. The summed E-state index contributed by atoms with van der Waals surface area (Å²) in [6, 6.07) is 20.0. The first-order valence-corrected chi connectivity index (χ1v) is 10.3. The molecule has 0 spiro atoms. The Morgan fingerprint density at radius 1 is 1.17 bits per heavy atom. The molecule has 2 heterocycles. The minimum atomic E-state index is -0.116. The molecule has 0 fully saturated rings. The Labute approximate surface area is 173 Å². The fourth-order valence-electron chi connectivity index (χ4n) is 3.41. The van der Waals surface area contributed by atoms with Gasteiger partial charge in [0.15, 0.2) is 0 Å². The summed E-state index contributed by atoms with van der Waals surface area (Å²) in [7, 11) is 1.63. The molecule has 0 aliphatic carbocycles. The quantitative estimate of drug-likeness (QED) is 0.418. The molecule has 2 aromatic heterocycles. The van der Waals surface area contributed by atoms with Crippen LogP contribution in [0.3, 0.4) is 0 Å². The molecule has 0 saturated heterocycles. The average Bonchev–Trinajstić information content (AvgIpc) is 3.44. The van der Waals surface area contributed by atoms with Gasteiger partial charge in [0.1, 0.15) is 5.75 Å². The Balaban J connectivity index is 1.50. The van der Waals surface area contributed by atoms with Gasteiger partial charge in [-0.25, -0.2) is 0 Å². The van der Waals surface area contributed by atoms with E-state index in [9.17, 15) is 4.79 Å². The van der Waals surface area contributed by atoms with E-state index in [4.69, 9.17) is 4.74 Å². The third-order valence-corrected chi connectivity index (χ3v) is 5.87. The van der Waals surface area contributed by atoms with Crippen LogP contribution in [-0.2, 0) is 4.79 Å². The number of carbonyl (C=O) groups excluding carboxylic acids is 1. The topological polar surface area (TPSA) is 54.1 Å². The number of amides is 1. The highest BCUT2D eigenvalue weighted by atomic mass is 32.1. The lowest BCUT2D eigenvalue weighted by Gasteiger charge is -2.15. The molecule has 5 heteroatoms. The third-order valence-electron chi connectivity index (χ3n) is 4.88. The van der Waals surface area contributed by atoms with Gasteiger partial charge in [-0.05, 0) is 46.8 Å². The van der Waals surface area contributed by atoms with E-state index in [2.05, 4.69) is 33.9 Å². The molecule has 0 aliphatic rings. The molecule has 0 bridgehead atoms. The number of fused-ring (bicyclic) bond motifs is 1. The van der Waals surface area contributed by atoms with Crippen molar-refractivity contribution in [3.63, 3.8) is 0 Å². The van der Waals surface area contributed by atoms with Crippen molar-refractivity contribution in [2.45, 2.75) is 5.92 Å². The van der Waals surface area contributed by atoms with Crippen molar-refractivity contribution in [3.05, 3.63) is 94.3 Å². The lowest BCUT2D eigenvalue weighted by molar-refractivity contribution is -0.116. The molecular weight excluding hydrogens is 380 g/mol. The van der Waals surface area contributed by atoms with Gasteiger partial charge in [0.25, 0.3) is 0 Å². The van der Waals surface area contributed by atoms with Gasteiger partial charge in [0.05, 0.1) is 7.11 Å². The van der Waals surface area contributed by atoms with Crippen molar-refractivity contribution < 1.29 is 9.53 Å². The standard InChI is InChI=1S/C24H22N2O2S/c1-28-18-7-4-6-17(14-18)11-12-24(27)26-16-21(23-10-5-13-29-23)20-15-25-22-9-3-2-8-19(20)22/h2-15,21,25H,16H2,1H3,(H,26,27)/b12-11+. The minimum absolute atomic E-state index is 0.0975. The van der Waals surface area contributed by atoms with Crippen molar-refractivity contribution in [2.75, 3.05) is 13.7 Å². The van der Waals surface area contributed by atoms with E-state index >= 15 is 0 Å². The van der Waals surface area contributed by atoms with Crippen LogP contribution in [0.4, 0.5) is 0 Å². The van der Waals surface area contributed by atoms with Gasteiger partial charge < -0.3 is 15.0 Å². The SMILES string of the molecule is COc1cccc(/C=C/C(=O)NCC(c2cccs2)c2c[nH]c3ccccc23)c1. The van der Waals surface area contributed by atoms with E-state index in [1.54, 1.807) is 30.6 Å². The number of rotatable bonds is 7. The van der Waals surface area contributed by atoms with Crippen LogP contribution in [0.1, 0.15) is 21.9 Å². The van der Waals surface area contributed by atoms with Crippen LogP contribution in [-0.4, -0.2) is 24.5 Å². The normalized spacial score (nSPS) is 12.3. The average molecular weight is 403 g/mol. The van der Waals surface area contributed by atoms with E-state index < -0.39 is 0 Å². The lowest BCUT2D eigenvalue weighted by atomic mass is 9.96. The fraction of sp³-hybridized carbons (Fsp3) is 0.125. The molecule has 1 unspecified atom stereocenters. The summed E-state index contributed by atoms with van der Waals surface area (Å²) in [5.74, 6) is 0.749. The van der Waals surface area contributed by atoms with Crippen molar-refractivity contribution >= 4 is 34.2 Å². The molecule has 2 N–H and O–H groups in total. The zero-order chi connectivity index (χ0) is 20.1. The molecule has 146 valence electrons. The maximum absolute atomic E-state index is 12.4. The summed E-state index contributed by atoms with van der Waals surface area (Å²) in [5, 5.41) is 6.32. The van der Waals surface area contributed by atoms with Crippen LogP contribution in [0.5, 0.6) is 5.75 Å². The van der Waals surface area contributed by atoms with Gasteiger partial charge in [0, 0.05) is 40.5 Å². The number of hydrogen-bond acceptors (Lipinski definition) is 3. The Morgan fingerprint density at radius 2 is 2.07 bits per heavy atom. The van der Waals surface area contributed by atoms with Crippen molar-refractivity contribution in [1.29, 1.82) is 0 Å². The van der Waals surface area contributed by atoms with Crippen LogP contribution in [0, 0.1) is 0 Å². The van der Waals surface area contributed by atoms with Crippen LogP contribution < -0.4 is 10.1 Å². The van der Waals surface area contributed by atoms with Gasteiger partial charge in [-0.15, -0.1) is 11.3 Å². The number of thiophene rings is 1. The molecule has 4 aromatic rings. The second-order valence-corrected chi connectivity index (χ2v) is 7.69. The molecule has 4 rings (SSSR count). The minimum Gasteiger partial charge on any atom is -0.497 e. The summed E-state index contributed by atoms with van der Waals surface area (Å²) >= 11 is 1.71. The van der Waals surface area contributed by atoms with Gasteiger partial charge in [-0.1, -0.05) is 36.4 Å². The predicted octanol–water partition coefficient (Wildman–Crippen LogP) is 5.20. The van der Waals surface area contributed by atoms with Gasteiger partial charge in [-0.2, -0.15) is 0 Å². The summed E-state index contributed by atoms with van der Waals surface area (Å²) in [6.07, 6.45) is 5.41. The van der Waals surface area contributed by atoms with E-state index in [1.807, 2.05) is 48.7 Å². The Morgan fingerprint density at radius 3 is 2.90 bits per heavy atom. The number of methoxy groups -OCH3 is 1. The molecule has 0 aliphatic heterocycles. The van der Waals surface area contributed by atoms with Crippen LogP contribution in [0.15, 0.2) is 78.3 Å². The molecule has 29 heavy (non-hydrogen) atoms. The highest BCUT2D eigenvalue weighted by molar-refractivity contribution is 7.10. The number of aromatic amines is 1. The smallest absolute Gasteiger partial charge is 0.244 e. The zero-order valence-corrected chi connectivity index (χ0v) is 16.9. The Kier molecular flexibility index (Phi) is 5.77. The first-order valence-electron chi connectivity index (χ1n) is 9.44. The van der Waals surface area contributed by atoms with E-state index in [-0.39, 0.29) is 11.8 Å². The number of ether oxygens (including phenoxy) is 1. The lowest BCUT2D eigenvalue weighted by Crippen LogP contribution is -2.26. The van der Waals surface area contributed by atoms with Crippen molar-refractivity contribution in [1.82, 2.24) is 10.3 Å². The summed E-state index contributed by atoms with van der Waals surface area (Å²) in [4.78, 5) is 17.0. The number of carbonyl (C=O) groups is 1. The predicted molar refractivity (Wildman–Crippen MR) is 119 cm³/mol. The highest BCUT2D eigenvalue weighted by Crippen LogP contribution is 2.32. The summed E-state index contributed by atoms with van der Waals surface area (Å²) in [5.41, 5.74) is 3.22. The van der Waals surface area contributed by atoms with Gasteiger partial charge in [-0.3, -0.25) is 4.79 Å². The van der Waals surface area contributed by atoms with Gasteiger partial charge in [0.2, 0.25) is 5.91 Å². The molecule has 1 amide bonds. The largest absolute Gasteiger partial charge is 0.497 e. The maximum atomic E-state index is 12.4. The molecular formula is C24H22N2O2S. The monoisotopic (exact) mass is 402 g/mol. The van der Waals surface area contributed by atoms with E-state index in [1.165, 1.54) is 15.8 Å². The van der Waals surface area contributed by atoms with Crippen molar-refractivity contribution in [3.8, 4) is 5.75 Å². The van der Waals surface area contributed by atoms with E-state index in [0.717, 1.165) is 16.8 Å². The number of benzene rings is 2. The molecule has 2 aromatic carbocycles. The summed E-state index contributed by atoms with van der Waals surface area (Å²) < 4.78 is 5.22. The first kappa shape index (κ1) is 19.0. The van der Waals surface area contributed by atoms with E-state index in [0.29, 0.717) is 6.54 Å². The second kappa shape index (κ2) is 8.80. The third kappa shape index (κ3) is 4.41. The first-order chi connectivity index (χ1) is 14.2. The Bertz CT molecular complexity index is 1130. The van der Waals surface area contributed by atoms with Crippen molar-refractivity contribution in [2.24, 2.45) is 0 Å². The molecule has 4 nitrogen and oxygen atoms in total. The molecule has 0 saturated carbocycles. The number of nitrogens with one attached hydrogen (secondary N) is 2. The highest BCUT2D eigenvalue weighted by Gasteiger charge is 2.19. The van der Waals surface area contributed by atoms with Crippen LogP contribution >= 0.6 is 11.3 Å². The van der Waals surface area contributed by atoms with Crippen LogP contribution in [0.2, 0.25) is 0 Å². The molecule has 1 atom stereocenters. The molecule has 0 radical (unpaired) electrons. The fourth-order valence-corrected chi connectivity index (χ4v) is 4.26. The van der Waals surface area contributed by atoms with Crippen LogP contribution in [0.25, 0.3) is 17.0 Å². The number of aromatic nitrogens is 1. The zero-order valence-electron chi connectivity index (χ0n) is 16.1. The number of H-pyrrole nitrogens is 1.